The average Bonchev–Trinajstić information content (AvgIpc) is 2.55. The molecule has 5 nitrogen and oxygen atoms in total. The largest absolute Gasteiger partial charge is 0.481 e. The molecule has 0 amide bonds. The lowest BCUT2D eigenvalue weighted by molar-refractivity contribution is -0.137. The van der Waals surface area contributed by atoms with Gasteiger partial charge in [-0.3, -0.25) is 4.79 Å². The molecule has 1 heterocycles. The molecule has 1 aromatic rings. The molecule has 1 rings (SSSR count). The van der Waals surface area contributed by atoms with Crippen molar-refractivity contribution in [1.29, 1.82) is 0 Å². The first-order chi connectivity index (χ1) is 8.96. The van der Waals surface area contributed by atoms with Crippen LogP contribution in [0.5, 0.6) is 0 Å². The molecule has 0 saturated heterocycles. The summed E-state index contributed by atoms with van der Waals surface area (Å²) < 4.78 is 26.8. The molecule has 20 heavy (non-hydrogen) atoms. The van der Waals surface area contributed by atoms with Gasteiger partial charge >= 0.3 is 5.97 Å². The molecule has 114 valence electrons. The number of carboxylic acids is 1. The highest BCUT2D eigenvalue weighted by Gasteiger charge is 2.35. The highest BCUT2D eigenvalue weighted by molar-refractivity contribution is 7.89. The number of carboxylic acid groups (broad SMARTS) is 1. The Balaban J connectivity index is 3.25. The number of thiophene rings is 1. The molecule has 0 spiro atoms. The van der Waals surface area contributed by atoms with E-state index in [9.17, 15) is 13.2 Å². The van der Waals surface area contributed by atoms with Crippen LogP contribution < -0.4 is 0 Å². The molecule has 0 fully saturated rings. The fourth-order valence-corrected chi connectivity index (χ4v) is 5.31. The Morgan fingerprint density at radius 3 is 2.25 bits per heavy atom. The molecule has 0 saturated carbocycles. The molecule has 0 aliphatic carbocycles. The highest BCUT2D eigenvalue weighted by atomic mass is 32.2. The number of sulfonamides is 1. The second kappa shape index (κ2) is 5.83. The molecular weight excluding hydrogens is 298 g/mol. The number of nitrogens with zero attached hydrogens (tertiary/aromatic N) is 1. The zero-order valence-electron chi connectivity index (χ0n) is 12.4. The van der Waals surface area contributed by atoms with E-state index in [-0.39, 0.29) is 17.9 Å². The maximum absolute atomic E-state index is 12.8. The first-order valence-corrected chi connectivity index (χ1v) is 8.53. The van der Waals surface area contributed by atoms with Gasteiger partial charge in [0.2, 0.25) is 10.0 Å². The lowest BCUT2D eigenvalue weighted by Crippen LogP contribution is -2.46. The van der Waals surface area contributed by atoms with Crippen molar-refractivity contribution in [2.24, 2.45) is 0 Å². The Labute approximate surface area is 124 Å². The highest BCUT2D eigenvalue weighted by Crippen LogP contribution is 2.31. The van der Waals surface area contributed by atoms with Crippen LogP contribution in [-0.2, 0) is 14.8 Å². The third kappa shape index (κ3) is 3.80. The van der Waals surface area contributed by atoms with Crippen molar-refractivity contribution in [2.75, 3.05) is 6.54 Å². The molecule has 0 unspecified atom stereocenters. The van der Waals surface area contributed by atoms with E-state index in [4.69, 9.17) is 5.11 Å². The predicted molar refractivity (Wildman–Crippen MR) is 79.7 cm³/mol. The molecule has 0 bridgehead atoms. The van der Waals surface area contributed by atoms with Crippen molar-refractivity contribution in [1.82, 2.24) is 4.31 Å². The monoisotopic (exact) mass is 319 g/mol. The molecule has 1 aromatic heterocycles. The lowest BCUT2D eigenvalue weighted by Gasteiger charge is -2.34. The Morgan fingerprint density at radius 1 is 1.35 bits per heavy atom. The topological polar surface area (TPSA) is 74.7 Å². The van der Waals surface area contributed by atoms with Crippen LogP contribution in [0.15, 0.2) is 11.0 Å². The quantitative estimate of drug-likeness (QED) is 0.905. The van der Waals surface area contributed by atoms with Gasteiger partial charge in [0, 0.05) is 21.8 Å². The van der Waals surface area contributed by atoms with Gasteiger partial charge in [-0.25, -0.2) is 8.42 Å². The van der Waals surface area contributed by atoms with Crippen LogP contribution in [0.25, 0.3) is 0 Å². The van der Waals surface area contributed by atoms with Crippen LogP contribution in [0.2, 0.25) is 0 Å². The van der Waals surface area contributed by atoms with Crippen LogP contribution in [0.3, 0.4) is 0 Å². The standard InChI is InChI=1S/C13H21NO4S2/c1-9-8-11(10(2)19-9)20(17,18)14(13(3,4)5)7-6-12(15)16/h8H,6-7H2,1-5H3,(H,15,16). The van der Waals surface area contributed by atoms with E-state index in [0.29, 0.717) is 0 Å². The molecule has 0 aromatic carbocycles. The van der Waals surface area contributed by atoms with Crippen molar-refractivity contribution in [3.8, 4) is 0 Å². The zero-order valence-corrected chi connectivity index (χ0v) is 14.1. The van der Waals surface area contributed by atoms with Gasteiger partial charge in [0.25, 0.3) is 0 Å². The molecule has 0 aliphatic rings. The van der Waals surface area contributed by atoms with Gasteiger partial charge in [0.05, 0.1) is 11.3 Å². The molecule has 0 atom stereocenters. The van der Waals surface area contributed by atoms with Gasteiger partial charge < -0.3 is 5.11 Å². The Morgan fingerprint density at radius 2 is 1.90 bits per heavy atom. The predicted octanol–water partition coefficient (Wildman–Crippen LogP) is 2.63. The van der Waals surface area contributed by atoms with Crippen LogP contribution in [0, 0.1) is 13.8 Å². The summed E-state index contributed by atoms with van der Waals surface area (Å²) in [4.78, 5) is 12.7. The summed E-state index contributed by atoms with van der Waals surface area (Å²) in [5.41, 5.74) is -0.670. The SMILES string of the molecule is Cc1cc(S(=O)(=O)N(CCC(=O)O)C(C)(C)C)c(C)s1. The number of hydrogen-bond donors (Lipinski definition) is 1. The first-order valence-electron chi connectivity index (χ1n) is 6.28. The molecule has 1 N–H and O–H groups in total. The third-order valence-corrected chi connectivity index (χ3v) is 6.23. The van der Waals surface area contributed by atoms with Crippen LogP contribution in [-0.4, -0.2) is 35.9 Å². The van der Waals surface area contributed by atoms with Crippen LogP contribution in [0.1, 0.15) is 36.9 Å². The van der Waals surface area contributed by atoms with Crippen LogP contribution >= 0.6 is 11.3 Å². The van der Waals surface area contributed by atoms with Gasteiger partial charge in [0.15, 0.2) is 0 Å². The van der Waals surface area contributed by atoms with Gasteiger partial charge in [-0.05, 0) is 40.7 Å². The van der Waals surface area contributed by atoms with Crippen molar-refractivity contribution in [2.45, 2.75) is 51.5 Å². The Bertz CT molecular complexity index is 596. The molecular formula is C13H21NO4S2. The number of aliphatic carboxylic acids is 1. The summed E-state index contributed by atoms with van der Waals surface area (Å²) in [6.45, 7) is 8.89. The van der Waals surface area contributed by atoms with Crippen molar-refractivity contribution in [3.05, 3.63) is 15.8 Å². The Kier molecular flexibility index (Phi) is 4.99. The summed E-state index contributed by atoms with van der Waals surface area (Å²) in [6.07, 6.45) is -0.210. The van der Waals surface area contributed by atoms with E-state index in [1.807, 2.05) is 6.92 Å². The van der Waals surface area contributed by atoms with Gasteiger partial charge in [-0.1, -0.05) is 0 Å². The number of rotatable bonds is 5. The lowest BCUT2D eigenvalue weighted by atomic mass is 10.1. The molecule has 0 radical (unpaired) electrons. The Hall–Kier alpha value is -0.920. The first kappa shape index (κ1) is 17.1. The third-order valence-electron chi connectivity index (χ3n) is 2.84. The van der Waals surface area contributed by atoms with E-state index < -0.39 is 21.5 Å². The second-order valence-corrected chi connectivity index (χ2v) is 8.96. The summed E-state index contributed by atoms with van der Waals surface area (Å²) >= 11 is 1.43. The second-order valence-electron chi connectivity index (χ2n) is 5.67. The number of carbonyl (C=O) groups is 1. The summed E-state index contributed by atoms with van der Waals surface area (Å²) in [5.74, 6) is -1.01. The molecule has 7 heteroatoms. The summed E-state index contributed by atoms with van der Waals surface area (Å²) in [7, 11) is -3.68. The molecule has 0 aliphatic heterocycles. The van der Waals surface area contributed by atoms with E-state index in [1.54, 1.807) is 33.8 Å². The minimum absolute atomic E-state index is 0.0322. The van der Waals surface area contributed by atoms with Gasteiger partial charge in [-0.2, -0.15) is 4.31 Å². The van der Waals surface area contributed by atoms with E-state index in [0.717, 1.165) is 9.75 Å². The number of aryl methyl sites for hydroxylation is 2. The summed E-state index contributed by atoms with van der Waals surface area (Å²) in [6, 6.07) is 1.65. The van der Waals surface area contributed by atoms with Crippen LogP contribution in [0.4, 0.5) is 0 Å². The van der Waals surface area contributed by atoms with Gasteiger partial charge in [0.1, 0.15) is 0 Å². The minimum atomic E-state index is -3.68. The van der Waals surface area contributed by atoms with Crippen molar-refractivity contribution in [3.63, 3.8) is 0 Å². The fraction of sp³-hybridized carbons (Fsp3) is 0.615. The van der Waals surface area contributed by atoms with Crippen molar-refractivity contribution < 1.29 is 18.3 Å². The van der Waals surface area contributed by atoms with Crippen molar-refractivity contribution >= 4 is 27.3 Å². The fourth-order valence-electron chi connectivity index (χ4n) is 2.00. The smallest absolute Gasteiger partial charge is 0.304 e. The summed E-state index contributed by atoms with van der Waals surface area (Å²) in [5, 5.41) is 8.80. The van der Waals surface area contributed by atoms with E-state index in [1.165, 1.54) is 15.6 Å². The zero-order chi connectivity index (χ0) is 15.7. The van der Waals surface area contributed by atoms with E-state index in [2.05, 4.69) is 0 Å². The maximum atomic E-state index is 12.8. The maximum Gasteiger partial charge on any atom is 0.304 e. The number of hydrogen-bond acceptors (Lipinski definition) is 4. The average molecular weight is 319 g/mol. The van der Waals surface area contributed by atoms with Gasteiger partial charge in [-0.15, -0.1) is 11.3 Å². The minimum Gasteiger partial charge on any atom is -0.481 e. The van der Waals surface area contributed by atoms with E-state index >= 15 is 0 Å². The normalized spacial score (nSPS) is 12.9.